The molecule has 0 amide bonds. The molecule has 0 atom stereocenters. The molecule has 0 aliphatic carbocycles. The SMILES string of the molecule is C=N/C=C\C(=C/C)c1ccc(CC(=O)O)c(OCc2cc(-c3cccc(CN)c3)c3occc3c2)c1. The summed E-state index contributed by atoms with van der Waals surface area (Å²) >= 11 is 0. The average Bonchev–Trinajstić information content (AvgIpc) is 3.37. The van der Waals surface area contributed by atoms with Gasteiger partial charge in [-0.15, -0.1) is 0 Å². The number of hydrogen-bond donors (Lipinski definition) is 2. The van der Waals surface area contributed by atoms with E-state index in [-0.39, 0.29) is 13.0 Å². The van der Waals surface area contributed by atoms with E-state index in [0.717, 1.165) is 44.4 Å². The van der Waals surface area contributed by atoms with Gasteiger partial charge in [0.1, 0.15) is 17.9 Å². The first-order valence-electron chi connectivity index (χ1n) is 11.6. The van der Waals surface area contributed by atoms with Crippen molar-refractivity contribution in [1.82, 2.24) is 0 Å². The van der Waals surface area contributed by atoms with Crippen molar-refractivity contribution in [1.29, 1.82) is 0 Å². The van der Waals surface area contributed by atoms with Gasteiger partial charge in [-0.1, -0.05) is 36.4 Å². The van der Waals surface area contributed by atoms with Crippen LogP contribution in [0.3, 0.4) is 0 Å². The number of nitrogens with zero attached hydrogens (tertiary/aromatic N) is 1. The molecule has 0 unspecified atom stereocenters. The summed E-state index contributed by atoms with van der Waals surface area (Å²) in [5.74, 6) is -0.398. The molecular weight excluding hydrogens is 452 g/mol. The Hall–Kier alpha value is -4.42. The Balaban J connectivity index is 1.69. The predicted octanol–water partition coefficient (Wildman–Crippen LogP) is 6.38. The van der Waals surface area contributed by atoms with Gasteiger partial charge in [0.25, 0.3) is 0 Å². The van der Waals surface area contributed by atoms with Crippen LogP contribution in [0, 0.1) is 0 Å². The molecule has 6 nitrogen and oxygen atoms in total. The van der Waals surface area contributed by atoms with Crippen molar-refractivity contribution in [2.24, 2.45) is 10.7 Å². The van der Waals surface area contributed by atoms with Crippen molar-refractivity contribution >= 4 is 29.2 Å². The van der Waals surface area contributed by atoms with Crippen molar-refractivity contribution < 1.29 is 19.1 Å². The Labute approximate surface area is 210 Å². The van der Waals surface area contributed by atoms with Crippen LogP contribution in [0.15, 0.2) is 94.7 Å². The quantitative estimate of drug-likeness (QED) is 0.203. The lowest BCUT2D eigenvalue weighted by molar-refractivity contribution is -0.136. The number of nitrogens with two attached hydrogens (primary N) is 1. The summed E-state index contributed by atoms with van der Waals surface area (Å²) in [5.41, 5.74) is 13.0. The molecule has 4 aromatic rings. The average molecular weight is 481 g/mol. The molecule has 0 saturated carbocycles. The highest BCUT2D eigenvalue weighted by molar-refractivity contribution is 5.93. The van der Waals surface area contributed by atoms with Gasteiger partial charge in [0.05, 0.1) is 12.7 Å². The maximum atomic E-state index is 11.5. The van der Waals surface area contributed by atoms with E-state index >= 15 is 0 Å². The number of fused-ring (bicyclic) bond motifs is 1. The van der Waals surface area contributed by atoms with Crippen molar-refractivity contribution in [3.05, 3.63) is 108 Å². The van der Waals surface area contributed by atoms with Gasteiger partial charge in [-0.05, 0) is 77.9 Å². The number of benzene rings is 3. The Morgan fingerprint density at radius 1 is 1.14 bits per heavy atom. The summed E-state index contributed by atoms with van der Waals surface area (Å²) in [6.45, 7) is 6.11. The van der Waals surface area contributed by atoms with Gasteiger partial charge in [0.15, 0.2) is 0 Å². The van der Waals surface area contributed by atoms with E-state index in [4.69, 9.17) is 14.9 Å². The third-order valence-electron chi connectivity index (χ3n) is 5.89. The van der Waals surface area contributed by atoms with E-state index in [9.17, 15) is 9.90 Å². The zero-order valence-electron chi connectivity index (χ0n) is 20.1. The van der Waals surface area contributed by atoms with Crippen LogP contribution in [0.2, 0.25) is 0 Å². The summed E-state index contributed by atoms with van der Waals surface area (Å²) in [5, 5.41) is 10.4. The van der Waals surface area contributed by atoms with Crippen LogP contribution in [0.25, 0.3) is 27.7 Å². The highest BCUT2D eigenvalue weighted by Crippen LogP contribution is 2.33. The molecule has 0 bridgehead atoms. The van der Waals surface area contributed by atoms with Crippen LogP contribution in [0.1, 0.15) is 29.2 Å². The van der Waals surface area contributed by atoms with Crippen molar-refractivity contribution in [3.63, 3.8) is 0 Å². The number of aliphatic imine (C=N–C) groups is 1. The minimum atomic E-state index is -0.920. The van der Waals surface area contributed by atoms with Gasteiger partial charge in [-0.25, -0.2) is 0 Å². The number of hydrogen-bond acceptors (Lipinski definition) is 5. The van der Waals surface area contributed by atoms with E-state index in [1.54, 1.807) is 18.5 Å². The fraction of sp³-hybridized carbons (Fsp3) is 0.133. The van der Waals surface area contributed by atoms with Gasteiger partial charge >= 0.3 is 5.97 Å². The van der Waals surface area contributed by atoms with E-state index in [2.05, 4.69) is 17.8 Å². The fourth-order valence-electron chi connectivity index (χ4n) is 4.14. The molecule has 3 aromatic carbocycles. The molecule has 3 N–H and O–H groups in total. The van der Waals surface area contributed by atoms with Crippen molar-refractivity contribution in [2.75, 3.05) is 0 Å². The van der Waals surface area contributed by atoms with Gasteiger partial charge < -0.3 is 20.0 Å². The normalized spacial score (nSPS) is 11.8. The standard InChI is InChI=1S/C30H28N2O4/c1-3-22(9-11-32-2)23-7-8-25(17-29(33)34)28(16-23)36-19-21-14-26-10-12-35-30(26)27(15-21)24-6-4-5-20(13-24)18-31/h3-16H,2,17-19,31H2,1H3,(H,33,34)/b11-9-,22-3+. The smallest absolute Gasteiger partial charge is 0.307 e. The Bertz CT molecular complexity index is 1460. The fourth-order valence-corrected chi connectivity index (χ4v) is 4.14. The third kappa shape index (κ3) is 5.62. The predicted molar refractivity (Wildman–Crippen MR) is 144 cm³/mol. The molecule has 0 fully saturated rings. The summed E-state index contributed by atoms with van der Waals surface area (Å²) < 4.78 is 12.0. The molecule has 1 aromatic heterocycles. The second kappa shape index (κ2) is 11.3. The Morgan fingerprint density at radius 2 is 2.00 bits per heavy atom. The maximum Gasteiger partial charge on any atom is 0.307 e. The summed E-state index contributed by atoms with van der Waals surface area (Å²) in [6.07, 6.45) is 6.94. The molecule has 36 heavy (non-hydrogen) atoms. The first-order valence-corrected chi connectivity index (χ1v) is 11.6. The van der Waals surface area contributed by atoms with Gasteiger partial charge in [0, 0.05) is 29.3 Å². The van der Waals surface area contributed by atoms with Crippen molar-refractivity contribution in [3.8, 4) is 16.9 Å². The zero-order chi connectivity index (χ0) is 25.5. The molecule has 1 heterocycles. The zero-order valence-corrected chi connectivity index (χ0v) is 20.1. The first-order chi connectivity index (χ1) is 17.5. The Kier molecular flexibility index (Phi) is 7.78. The van der Waals surface area contributed by atoms with E-state index < -0.39 is 5.97 Å². The number of allylic oxidation sites excluding steroid dienone is 3. The van der Waals surface area contributed by atoms with Gasteiger partial charge in [-0.2, -0.15) is 0 Å². The van der Waals surface area contributed by atoms with Crippen LogP contribution in [0.4, 0.5) is 0 Å². The van der Waals surface area contributed by atoms with Gasteiger partial charge in [-0.3, -0.25) is 9.79 Å². The number of ether oxygens (including phenoxy) is 1. The van der Waals surface area contributed by atoms with Crippen LogP contribution >= 0.6 is 0 Å². The van der Waals surface area contributed by atoms with E-state index in [0.29, 0.717) is 17.9 Å². The molecule has 6 heteroatoms. The minimum absolute atomic E-state index is 0.136. The molecule has 0 aliphatic rings. The summed E-state index contributed by atoms with van der Waals surface area (Å²) in [4.78, 5) is 15.2. The molecule has 182 valence electrons. The number of carbonyl (C=O) groups is 1. The second-order valence-corrected chi connectivity index (χ2v) is 8.31. The number of aliphatic carboxylic acids is 1. The third-order valence-corrected chi connectivity index (χ3v) is 5.89. The molecular formula is C30H28N2O4. The largest absolute Gasteiger partial charge is 0.489 e. The minimum Gasteiger partial charge on any atom is -0.489 e. The second-order valence-electron chi connectivity index (χ2n) is 8.31. The maximum absolute atomic E-state index is 11.5. The molecule has 0 spiro atoms. The number of rotatable bonds is 10. The number of carboxylic acid groups (broad SMARTS) is 1. The van der Waals surface area contributed by atoms with Crippen LogP contribution in [-0.4, -0.2) is 17.8 Å². The number of carboxylic acids is 1. The van der Waals surface area contributed by atoms with Crippen LogP contribution < -0.4 is 10.5 Å². The highest BCUT2D eigenvalue weighted by Gasteiger charge is 2.14. The first kappa shape index (κ1) is 24.7. The lowest BCUT2D eigenvalue weighted by atomic mass is 9.99. The molecule has 0 aliphatic heterocycles. The van der Waals surface area contributed by atoms with Crippen LogP contribution in [0.5, 0.6) is 5.75 Å². The van der Waals surface area contributed by atoms with E-state index in [1.165, 1.54) is 0 Å². The molecule has 0 saturated heterocycles. The van der Waals surface area contributed by atoms with E-state index in [1.807, 2.05) is 67.6 Å². The summed E-state index contributed by atoms with van der Waals surface area (Å²) in [7, 11) is 0. The Morgan fingerprint density at radius 3 is 2.75 bits per heavy atom. The topological polar surface area (TPSA) is 98.0 Å². The lowest BCUT2D eigenvalue weighted by Gasteiger charge is -2.14. The molecule has 0 radical (unpaired) electrons. The highest BCUT2D eigenvalue weighted by atomic mass is 16.5. The lowest BCUT2D eigenvalue weighted by Crippen LogP contribution is -2.05. The number of furan rings is 1. The van der Waals surface area contributed by atoms with Crippen molar-refractivity contribution in [2.45, 2.75) is 26.5 Å². The van der Waals surface area contributed by atoms with Gasteiger partial charge in [0.2, 0.25) is 0 Å². The summed E-state index contributed by atoms with van der Waals surface area (Å²) in [6, 6.07) is 19.6. The molecule has 4 rings (SSSR count). The van der Waals surface area contributed by atoms with Crippen LogP contribution in [-0.2, 0) is 24.4 Å². The monoisotopic (exact) mass is 480 g/mol.